The van der Waals surface area contributed by atoms with Crippen LogP contribution < -0.4 is 0 Å². The van der Waals surface area contributed by atoms with Crippen molar-refractivity contribution in [3.8, 4) is 5.75 Å². The minimum absolute atomic E-state index is 0.149. The molecule has 1 aliphatic heterocycles. The highest BCUT2D eigenvalue weighted by atomic mass is 35.5. The van der Waals surface area contributed by atoms with E-state index in [0.717, 1.165) is 23.4 Å². The van der Waals surface area contributed by atoms with Crippen LogP contribution in [0.3, 0.4) is 0 Å². The summed E-state index contributed by atoms with van der Waals surface area (Å²) >= 11 is 7.42. The van der Waals surface area contributed by atoms with E-state index in [9.17, 15) is 19.8 Å². The molecule has 1 aliphatic rings. The summed E-state index contributed by atoms with van der Waals surface area (Å²) in [4.78, 5) is 30.3. The Kier molecular flexibility index (Phi) is 6.41. The van der Waals surface area contributed by atoms with Crippen LogP contribution in [0.25, 0.3) is 6.08 Å². The first-order valence-electron chi connectivity index (χ1n) is 8.67. The van der Waals surface area contributed by atoms with E-state index >= 15 is 0 Å². The summed E-state index contributed by atoms with van der Waals surface area (Å²) in [6.07, 6.45) is 3.32. The van der Waals surface area contributed by atoms with E-state index in [2.05, 4.69) is 4.99 Å². The lowest BCUT2D eigenvalue weighted by molar-refractivity contribution is -0.122. The number of allylic oxidation sites excluding steroid dienone is 2. The zero-order valence-electron chi connectivity index (χ0n) is 15.4. The molecule has 0 bridgehead atoms. The topological polar surface area (TPSA) is 90.2 Å². The highest BCUT2D eigenvalue weighted by Gasteiger charge is 2.32. The van der Waals surface area contributed by atoms with Crippen LogP contribution in [0.1, 0.15) is 22.8 Å². The first-order valence-corrected chi connectivity index (χ1v) is 9.87. The predicted molar refractivity (Wildman–Crippen MR) is 115 cm³/mol. The number of hydrogen-bond acceptors (Lipinski definition) is 5. The Hall–Kier alpha value is -3.03. The number of aromatic hydroxyl groups is 1. The zero-order chi connectivity index (χ0) is 21.0. The summed E-state index contributed by atoms with van der Waals surface area (Å²) in [6.45, 7) is 2.16. The molecule has 1 heterocycles. The standard InChI is InChI=1S/C21H17ClN2O4S/c1-2-24-19(26)18(11-14(22)10-13-6-4-3-5-7-13)29-21(24)23-17-9-8-15(25)12-16(17)20(27)28/h3-12,25H,2H2,1H3,(H,27,28)/b14-10-,18-11-,23-21?. The number of halogens is 1. The second-order valence-corrected chi connectivity index (χ2v) is 7.45. The molecule has 0 atom stereocenters. The number of carbonyl (C=O) groups is 2. The minimum Gasteiger partial charge on any atom is -0.508 e. The molecular weight excluding hydrogens is 412 g/mol. The van der Waals surface area contributed by atoms with Crippen LogP contribution in [0.15, 0.2) is 69.5 Å². The van der Waals surface area contributed by atoms with Crippen LogP contribution in [0.4, 0.5) is 5.69 Å². The fourth-order valence-electron chi connectivity index (χ4n) is 2.64. The lowest BCUT2D eigenvalue weighted by Crippen LogP contribution is -2.28. The summed E-state index contributed by atoms with van der Waals surface area (Å²) < 4.78 is 0. The number of aliphatic imine (C=N–C) groups is 1. The second-order valence-electron chi connectivity index (χ2n) is 6.00. The van der Waals surface area contributed by atoms with E-state index in [1.165, 1.54) is 17.0 Å². The van der Waals surface area contributed by atoms with Gasteiger partial charge in [0.2, 0.25) is 0 Å². The lowest BCUT2D eigenvalue weighted by atomic mass is 10.2. The molecule has 3 rings (SSSR count). The number of amides is 1. The second kappa shape index (κ2) is 8.98. The van der Waals surface area contributed by atoms with Gasteiger partial charge in [0.1, 0.15) is 5.75 Å². The maximum absolute atomic E-state index is 12.7. The molecule has 0 unspecified atom stereocenters. The van der Waals surface area contributed by atoms with Crippen molar-refractivity contribution < 1.29 is 19.8 Å². The minimum atomic E-state index is -1.22. The molecule has 29 heavy (non-hydrogen) atoms. The number of nitrogens with zero attached hydrogens (tertiary/aromatic N) is 2. The van der Waals surface area contributed by atoms with Crippen molar-refractivity contribution in [1.82, 2.24) is 4.90 Å². The first kappa shape index (κ1) is 20.7. The van der Waals surface area contributed by atoms with Gasteiger partial charge in [0.25, 0.3) is 5.91 Å². The molecule has 2 N–H and O–H groups in total. The average molecular weight is 429 g/mol. The van der Waals surface area contributed by atoms with Crippen LogP contribution in [-0.4, -0.2) is 38.7 Å². The number of carboxylic acid groups (broad SMARTS) is 1. The van der Waals surface area contributed by atoms with Gasteiger partial charge in [0.15, 0.2) is 5.17 Å². The highest BCUT2D eigenvalue weighted by molar-refractivity contribution is 8.18. The number of benzene rings is 2. The summed E-state index contributed by atoms with van der Waals surface area (Å²) in [6, 6.07) is 13.3. The number of rotatable bonds is 5. The molecular formula is C21H17ClN2O4S. The number of carboxylic acids is 1. The molecule has 1 fully saturated rings. The lowest BCUT2D eigenvalue weighted by Gasteiger charge is -2.12. The molecule has 1 saturated heterocycles. The molecule has 2 aromatic rings. The number of likely N-dealkylation sites (N-methyl/N-ethyl adjacent to an activating group) is 1. The van der Waals surface area contributed by atoms with E-state index in [1.54, 1.807) is 19.1 Å². The van der Waals surface area contributed by atoms with Gasteiger partial charge >= 0.3 is 5.97 Å². The van der Waals surface area contributed by atoms with E-state index in [1.807, 2.05) is 30.3 Å². The number of phenols is 1. The van der Waals surface area contributed by atoms with E-state index in [-0.39, 0.29) is 22.9 Å². The molecule has 8 heteroatoms. The molecule has 0 aromatic heterocycles. The largest absolute Gasteiger partial charge is 0.508 e. The molecule has 6 nitrogen and oxygen atoms in total. The molecule has 2 aromatic carbocycles. The van der Waals surface area contributed by atoms with Gasteiger partial charge in [-0.05, 0) is 54.6 Å². The summed E-state index contributed by atoms with van der Waals surface area (Å²) in [5.74, 6) is -1.65. The number of amidine groups is 1. The monoisotopic (exact) mass is 428 g/mol. The molecule has 148 valence electrons. The molecule has 1 amide bonds. The van der Waals surface area contributed by atoms with Crippen molar-refractivity contribution >= 4 is 52.2 Å². The number of carbonyl (C=O) groups excluding carboxylic acids is 1. The predicted octanol–water partition coefficient (Wildman–Crippen LogP) is 4.84. The van der Waals surface area contributed by atoms with Gasteiger partial charge in [-0.1, -0.05) is 41.9 Å². The average Bonchev–Trinajstić information content (AvgIpc) is 2.97. The van der Waals surface area contributed by atoms with Crippen LogP contribution in [0, 0.1) is 0 Å². The number of aromatic carboxylic acids is 1. The zero-order valence-corrected chi connectivity index (χ0v) is 16.9. The summed E-state index contributed by atoms with van der Waals surface area (Å²) in [5, 5.41) is 19.6. The third-order valence-corrected chi connectivity index (χ3v) is 5.23. The van der Waals surface area contributed by atoms with Crippen LogP contribution in [-0.2, 0) is 4.79 Å². The third kappa shape index (κ3) is 4.88. The fourth-order valence-corrected chi connectivity index (χ4v) is 3.99. The molecule has 0 spiro atoms. The summed E-state index contributed by atoms with van der Waals surface area (Å²) in [5.41, 5.74) is 0.901. The highest BCUT2D eigenvalue weighted by Crippen LogP contribution is 2.35. The van der Waals surface area contributed by atoms with Crippen molar-refractivity contribution in [2.45, 2.75) is 6.92 Å². The van der Waals surface area contributed by atoms with Gasteiger partial charge < -0.3 is 10.2 Å². The van der Waals surface area contributed by atoms with Gasteiger partial charge in [-0.25, -0.2) is 9.79 Å². The van der Waals surface area contributed by atoms with Crippen molar-refractivity contribution in [1.29, 1.82) is 0 Å². The molecule has 0 radical (unpaired) electrons. The van der Waals surface area contributed by atoms with Gasteiger partial charge in [-0.3, -0.25) is 9.69 Å². The van der Waals surface area contributed by atoms with E-state index in [0.29, 0.717) is 21.6 Å². The van der Waals surface area contributed by atoms with Crippen LogP contribution in [0.5, 0.6) is 5.75 Å². The molecule has 0 aliphatic carbocycles. The quantitative estimate of drug-likeness (QED) is 0.665. The van der Waals surface area contributed by atoms with E-state index < -0.39 is 5.97 Å². The Morgan fingerprint density at radius 1 is 1.24 bits per heavy atom. The Morgan fingerprint density at radius 3 is 2.62 bits per heavy atom. The van der Waals surface area contributed by atoms with Gasteiger partial charge in [-0.2, -0.15) is 0 Å². The first-order chi connectivity index (χ1) is 13.9. The third-order valence-electron chi connectivity index (χ3n) is 4.00. The van der Waals surface area contributed by atoms with Crippen LogP contribution >= 0.6 is 23.4 Å². The van der Waals surface area contributed by atoms with Gasteiger partial charge in [-0.15, -0.1) is 0 Å². The Labute approximate surface area is 176 Å². The van der Waals surface area contributed by atoms with Crippen molar-refractivity contribution in [2.24, 2.45) is 4.99 Å². The fraction of sp³-hybridized carbons (Fsp3) is 0.0952. The normalized spacial score (nSPS) is 17.4. The van der Waals surface area contributed by atoms with E-state index in [4.69, 9.17) is 11.6 Å². The van der Waals surface area contributed by atoms with Crippen molar-refractivity contribution in [3.63, 3.8) is 0 Å². The maximum atomic E-state index is 12.7. The smallest absolute Gasteiger partial charge is 0.338 e. The SMILES string of the molecule is CCN1C(=O)/C(=C/C(Cl)=C/c2ccccc2)SC1=Nc1ccc(O)cc1C(=O)O. The number of phenolic OH excluding ortho intramolecular Hbond substituents is 1. The van der Waals surface area contributed by atoms with Crippen molar-refractivity contribution in [3.05, 3.63) is 75.7 Å². The van der Waals surface area contributed by atoms with Gasteiger partial charge in [0, 0.05) is 11.6 Å². The Bertz CT molecular complexity index is 1050. The van der Waals surface area contributed by atoms with Gasteiger partial charge in [0.05, 0.1) is 16.2 Å². The Balaban J connectivity index is 1.95. The maximum Gasteiger partial charge on any atom is 0.338 e. The molecule has 0 saturated carbocycles. The van der Waals surface area contributed by atoms with Crippen LogP contribution in [0.2, 0.25) is 0 Å². The Morgan fingerprint density at radius 2 is 1.97 bits per heavy atom. The number of hydrogen-bond donors (Lipinski definition) is 2. The summed E-state index contributed by atoms with van der Waals surface area (Å²) in [7, 11) is 0. The number of thioether (sulfide) groups is 1. The van der Waals surface area contributed by atoms with Crippen molar-refractivity contribution in [2.75, 3.05) is 6.54 Å².